The van der Waals surface area contributed by atoms with Gasteiger partial charge in [0, 0.05) is 18.3 Å². The van der Waals surface area contributed by atoms with Crippen molar-refractivity contribution in [2.24, 2.45) is 0 Å². The molecule has 28 heavy (non-hydrogen) atoms. The Labute approximate surface area is 153 Å². The Balaban J connectivity index is 1.82. The van der Waals surface area contributed by atoms with Crippen molar-refractivity contribution in [2.75, 3.05) is 5.32 Å². The van der Waals surface area contributed by atoms with E-state index in [-0.39, 0.29) is 17.3 Å². The molecule has 0 aliphatic heterocycles. The van der Waals surface area contributed by atoms with Crippen LogP contribution in [0.15, 0.2) is 36.7 Å². The van der Waals surface area contributed by atoms with Crippen LogP contribution in [0.1, 0.15) is 21.9 Å². The first-order chi connectivity index (χ1) is 13.1. The lowest BCUT2D eigenvalue weighted by atomic mass is 10.2. The number of aromatic nitrogens is 3. The second kappa shape index (κ2) is 6.98. The Morgan fingerprint density at radius 3 is 2.25 bits per heavy atom. The van der Waals surface area contributed by atoms with Crippen LogP contribution in [0.5, 0.6) is 0 Å². The largest absolute Gasteiger partial charge is 0.434 e. The Morgan fingerprint density at radius 2 is 1.75 bits per heavy atom. The van der Waals surface area contributed by atoms with Crippen molar-refractivity contribution in [1.82, 2.24) is 14.5 Å². The molecule has 0 aliphatic carbocycles. The lowest BCUT2D eigenvalue weighted by Gasteiger charge is -2.08. The fourth-order valence-corrected chi connectivity index (χ4v) is 2.41. The van der Waals surface area contributed by atoms with Gasteiger partial charge in [0.05, 0.1) is 11.9 Å². The summed E-state index contributed by atoms with van der Waals surface area (Å²) in [5.74, 6) is -5.22. The van der Waals surface area contributed by atoms with E-state index in [0.29, 0.717) is 12.1 Å². The molecular formula is C17H10F6N4O. The first kappa shape index (κ1) is 19.4. The zero-order valence-electron chi connectivity index (χ0n) is 14.0. The highest BCUT2D eigenvalue weighted by atomic mass is 19.4. The smallest absolute Gasteiger partial charge is 0.306 e. The lowest BCUT2D eigenvalue weighted by Crippen LogP contribution is -2.17. The third kappa shape index (κ3) is 3.82. The van der Waals surface area contributed by atoms with Crippen LogP contribution in [-0.2, 0) is 6.18 Å². The minimum absolute atomic E-state index is 0.0568. The number of pyridine rings is 1. The average molecular weight is 400 g/mol. The maximum Gasteiger partial charge on any atom is 0.434 e. The van der Waals surface area contributed by atoms with Crippen molar-refractivity contribution in [2.45, 2.75) is 13.1 Å². The zero-order valence-corrected chi connectivity index (χ0v) is 14.0. The van der Waals surface area contributed by atoms with E-state index in [9.17, 15) is 31.1 Å². The number of carbonyl (C=O) groups excluding carboxylic acids is 1. The van der Waals surface area contributed by atoms with E-state index < -0.39 is 40.8 Å². The maximum absolute atomic E-state index is 13.6. The summed E-state index contributed by atoms with van der Waals surface area (Å²) >= 11 is 0. The number of carbonyl (C=O) groups is 1. The Morgan fingerprint density at radius 1 is 1.11 bits per heavy atom. The summed E-state index contributed by atoms with van der Waals surface area (Å²) in [6.07, 6.45) is -2.68. The second-order valence-electron chi connectivity index (χ2n) is 5.64. The quantitative estimate of drug-likeness (QED) is 0.669. The predicted octanol–water partition coefficient (Wildman–Crippen LogP) is 4.26. The number of halogens is 6. The fraction of sp³-hybridized carbons (Fsp3) is 0.118. The molecule has 0 fully saturated rings. The molecule has 0 saturated heterocycles. The summed E-state index contributed by atoms with van der Waals surface area (Å²) in [6.45, 7) is 1.37. The zero-order chi connectivity index (χ0) is 20.6. The van der Waals surface area contributed by atoms with Crippen molar-refractivity contribution in [3.05, 3.63) is 71.2 Å². The predicted molar refractivity (Wildman–Crippen MR) is 85.4 cm³/mol. The number of amides is 1. The van der Waals surface area contributed by atoms with Crippen LogP contribution in [0.25, 0.3) is 5.69 Å². The number of imidazole rings is 1. The second-order valence-corrected chi connectivity index (χ2v) is 5.64. The van der Waals surface area contributed by atoms with Crippen LogP contribution in [0.2, 0.25) is 0 Å². The number of hydrogen-bond acceptors (Lipinski definition) is 3. The Kier molecular flexibility index (Phi) is 4.84. The highest BCUT2D eigenvalue weighted by Gasteiger charge is 2.34. The number of aryl methyl sites for hydroxylation is 1. The average Bonchev–Trinajstić information content (AvgIpc) is 2.96. The molecule has 0 unspecified atom stereocenters. The van der Waals surface area contributed by atoms with E-state index >= 15 is 0 Å². The van der Waals surface area contributed by atoms with E-state index in [2.05, 4.69) is 15.3 Å². The van der Waals surface area contributed by atoms with Gasteiger partial charge in [0.25, 0.3) is 5.91 Å². The summed E-state index contributed by atoms with van der Waals surface area (Å²) in [6, 6.07) is 3.26. The topological polar surface area (TPSA) is 59.8 Å². The molecule has 1 aromatic carbocycles. The summed E-state index contributed by atoms with van der Waals surface area (Å²) in [4.78, 5) is 19.2. The third-order valence-corrected chi connectivity index (χ3v) is 3.67. The van der Waals surface area contributed by atoms with E-state index in [0.717, 1.165) is 17.0 Å². The van der Waals surface area contributed by atoms with Gasteiger partial charge < -0.3 is 9.88 Å². The van der Waals surface area contributed by atoms with Crippen molar-refractivity contribution < 1.29 is 31.1 Å². The molecule has 146 valence electrons. The van der Waals surface area contributed by atoms with Gasteiger partial charge in [-0.1, -0.05) is 0 Å². The lowest BCUT2D eigenvalue weighted by molar-refractivity contribution is -0.141. The number of alkyl halides is 3. The van der Waals surface area contributed by atoms with Crippen LogP contribution in [-0.4, -0.2) is 20.4 Å². The highest BCUT2D eigenvalue weighted by Crippen LogP contribution is 2.29. The molecule has 2 aromatic heterocycles. The van der Waals surface area contributed by atoms with Crippen molar-refractivity contribution >= 4 is 11.7 Å². The van der Waals surface area contributed by atoms with E-state index in [1.54, 1.807) is 0 Å². The van der Waals surface area contributed by atoms with Gasteiger partial charge in [-0.25, -0.2) is 23.1 Å². The molecule has 3 aromatic rings. The number of rotatable bonds is 3. The molecule has 3 rings (SSSR count). The highest BCUT2D eigenvalue weighted by molar-refractivity contribution is 6.04. The van der Waals surface area contributed by atoms with Crippen LogP contribution >= 0.6 is 0 Å². The Bertz CT molecular complexity index is 1020. The number of hydrogen-bond donors (Lipinski definition) is 1. The SMILES string of the molecule is Cc1nc(C(F)(F)F)cn1-c1ccc(NC(=O)c2c(F)cc(F)cc2F)nc1. The van der Waals surface area contributed by atoms with Gasteiger partial charge in [-0.15, -0.1) is 0 Å². The summed E-state index contributed by atoms with van der Waals surface area (Å²) in [5, 5.41) is 2.12. The molecular weight excluding hydrogens is 390 g/mol. The first-order valence-corrected chi connectivity index (χ1v) is 7.62. The molecule has 0 radical (unpaired) electrons. The van der Waals surface area contributed by atoms with Crippen molar-refractivity contribution in [3.63, 3.8) is 0 Å². The fourth-order valence-electron chi connectivity index (χ4n) is 2.41. The van der Waals surface area contributed by atoms with Crippen molar-refractivity contribution in [3.8, 4) is 5.69 Å². The van der Waals surface area contributed by atoms with Crippen LogP contribution in [0, 0.1) is 24.4 Å². The van der Waals surface area contributed by atoms with Gasteiger partial charge in [-0.2, -0.15) is 13.2 Å². The summed E-state index contributed by atoms with van der Waals surface area (Å²) in [5.41, 5.74) is -1.85. The van der Waals surface area contributed by atoms with Crippen LogP contribution in [0.3, 0.4) is 0 Å². The van der Waals surface area contributed by atoms with E-state index in [4.69, 9.17) is 0 Å². The third-order valence-electron chi connectivity index (χ3n) is 3.67. The van der Waals surface area contributed by atoms with Gasteiger partial charge in [0.2, 0.25) is 0 Å². The van der Waals surface area contributed by atoms with Crippen LogP contribution < -0.4 is 5.32 Å². The minimum Gasteiger partial charge on any atom is -0.306 e. The van der Waals surface area contributed by atoms with E-state index in [1.165, 1.54) is 19.1 Å². The normalized spacial score (nSPS) is 11.5. The maximum atomic E-state index is 13.6. The molecule has 5 nitrogen and oxygen atoms in total. The summed E-state index contributed by atoms with van der Waals surface area (Å²) in [7, 11) is 0. The first-order valence-electron chi connectivity index (χ1n) is 7.62. The molecule has 1 N–H and O–H groups in total. The van der Waals surface area contributed by atoms with E-state index in [1.807, 2.05) is 0 Å². The molecule has 11 heteroatoms. The van der Waals surface area contributed by atoms with Crippen molar-refractivity contribution in [1.29, 1.82) is 0 Å². The van der Waals surface area contributed by atoms with Gasteiger partial charge in [-0.05, 0) is 19.1 Å². The standard InChI is InChI=1S/C17H10F6N4O/c1-8-25-13(17(21,22)23)7-27(8)10-2-3-14(24-6-10)26-16(28)15-11(19)4-9(18)5-12(15)20/h2-7H,1H3,(H,24,26,28). The molecule has 2 heterocycles. The molecule has 0 spiro atoms. The molecule has 0 atom stereocenters. The minimum atomic E-state index is -4.61. The Hall–Kier alpha value is -3.37. The molecule has 0 saturated carbocycles. The molecule has 1 amide bonds. The van der Waals surface area contributed by atoms with Crippen LogP contribution in [0.4, 0.5) is 32.2 Å². The number of nitrogens with zero attached hydrogens (tertiary/aromatic N) is 3. The molecule has 0 aliphatic rings. The van der Waals surface area contributed by atoms with Gasteiger partial charge >= 0.3 is 6.18 Å². The number of benzene rings is 1. The van der Waals surface area contributed by atoms with Gasteiger partial charge in [0.1, 0.15) is 34.7 Å². The monoisotopic (exact) mass is 400 g/mol. The molecule has 0 bridgehead atoms. The summed E-state index contributed by atoms with van der Waals surface area (Å²) < 4.78 is 79.5. The van der Waals surface area contributed by atoms with Gasteiger partial charge in [0.15, 0.2) is 5.69 Å². The van der Waals surface area contributed by atoms with Gasteiger partial charge in [-0.3, -0.25) is 4.79 Å². The number of anilines is 1. The number of nitrogens with one attached hydrogen (secondary N) is 1.